The molecule has 0 unspecified atom stereocenters. The molecule has 2 N–H and O–H groups in total. The molecule has 0 aliphatic heterocycles. The summed E-state index contributed by atoms with van der Waals surface area (Å²) < 4.78 is 0. The summed E-state index contributed by atoms with van der Waals surface area (Å²) in [6.45, 7) is 0.695. The van der Waals surface area contributed by atoms with E-state index in [1.54, 1.807) is 24.2 Å². The molecule has 0 fully saturated rings. The Kier molecular flexibility index (Phi) is 3.46. The minimum atomic E-state index is -0.0365. The molecule has 1 aromatic heterocycles. The van der Waals surface area contributed by atoms with Gasteiger partial charge >= 0.3 is 0 Å². The fourth-order valence-electron chi connectivity index (χ4n) is 1.45. The average molecular weight is 235 g/mol. The van der Waals surface area contributed by atoms with Crippen LogP contribution in [-0.4, -0.2) is 34.4 Å². The van der Waals surface area contributed by atoms with E-state index in [2.05, 4.69) is 15.3 Å². The van der Waals surface area contributed by atoms with Crippen LogP contribution in [0.2, 0.25) is 0 Å². The highest BCUT2D eigenvalue weighted by atomic mass is 32.2. The molecule has 16 heavy (non-hydrogen) atoms. The third-order valence-corrected chi connectivity index (χ3v) is 2.89. The maximum Gasteiger partial charge on any atom is 0.251 e. The van der Waals surface area contributed by atoms with Gasteiger partial charge in [0.2, 0.25) is 0 Å². The molecule has 1 aromatic carbocycles. The highest BCUT2D eigenvalue weighted by Gasteiger charge is 2.06. The zero-order valence-corrected chi connectivity index (χ0v) is 9.80. The van der Waals surface area contributed by atoms with E-state index in [9.17, 15) is 4.79 Å². The maximum atomic E-state index is 11.7. The van der Waals surface area contributed by atoms with Crippen LogP contribution in [0.3, 0.4) is 0 Å². The van der Waals surface area contributed by atoms with E-state index in [4.69, 9.17) is 0 Å². The number of aromatic amines is 1. The second kappa shape index (κ2) is 5.03. The third kappa shape index (κ3) is 2.36. The van der Waals surface area contributed by atoms with Crippen LogP contribution in [0.15, 0.2) is 24.5 Å². The summed E-state index contributed by atoms with van der Waals surface area (Å²) in [6, 6.07) is 5.45. The number of carbonyl (C=O) groups is 1. The molecule has 0 saturated heterocycles. The molecule has 2 rings (SSSR count). The van der Waals surface area contributed by atoms with Crippen LogP contribution >= 0.6 is 11.8 Å². The normalized spacial score (nSPS) is 10.6. The minimum absolute atomic E-state index is 0.0365. The fourth-order valence-corrected chi connectivity index (χ4v) is 1.75. The number of fused-ring (bicyclic) bond motifs is 1. The van der Waals surface area contributed by atoms with E-state index in [0.29, 0.717) is 12.1 Å². The van der Waals surface area contributed by atoms with Crippen molar-refractivity contribution in [2.24, 2.45) is 0 Å². The maximum absolute atomic E-state index is 11.7. The van der Waals surface area contributed by atoms with Crippen molar-refractivity contribution >= 4 is 28.7 Å². The van der Waals surface area contributed by atoms with Gasteiger partial charge in [0, 0.05) is 17.9 Å². The highest BCUT2D eigenvalue weighted by molar-refractivity contribution is 7.98. The largest absolute Gasteiger partial charge is 0.351 e. The topological polar surface area (TPSA) is 57.8 Å². The van der Waals surface area contributed by atoms with Crippen LogP contribution in [0.25, 0.3) is 11.0 Å². The van der Waals surface area contributed by atoms with Gasteiger partial charge in [-0.05, 0) is 24.5 Å². The van der Waals surface area contributed by atoms with E-state index in [1.165, 1.54) is 0 Å². The van der Waals surface area contributed by atoms with Crippen molar-refractivity contribution in [3.05, 3.63) is 30.1 Å². The molecule has 5 heteroatoms. The first kappa shape index (κ1) is 11.0. The van der Waals surface area contributed by atoms with Crippen molar-refractivity contribution in [2.45, 2.75) is 0 Å². The monoisotopic (exact) mass is 235 g/mol. The summed E-state index contributed by atoms with van der Waals surface area (Å²) in [4.78, 5) is 18.8. The highest BCUT2D eigenvalue weighted by Crippen LogP contribution is 2.11. The van der Waals surface area contributed by atoms with Crippen molar-refractivity contribution in [1.82, 2.24) is 15.3 Å². The van der Waals surface area contributed by atoms with Gasteiger partial charge in [0.25, 0.3) is 5.91 Å². The van der Waals surface area contributed by atoms with Gasteiger partial charge in [-0.25, -0.2) is 4.98 Å². The Hall–Kier alpha value is -1.49. The quantitative estimate of drug-likeness (QED) is 0.792. The molecular weight excluding hydrogens is 222 g/mol. The van der Waals surface area contributed by atoms with Crippen molar-refractivity contribution in [3.8, 4) is 0 Å². The summed E-state index contributed by atoms with van der Waals surface area (Å²) in [6.07, 6.45) is 3.64. The Morgan fingerprint density at radius 1 is 1.56 bits per heavy atom. The van der Waals surface area contributed by atoms with Gasteiger partial charge in [-0.3, -0.25) is 4.79 Å². The van der Waals surface area contributed by atoms with Gasteiger partial charge in [-0.2, -0.15) is 11.8 Å². The number of imidazole rings is 1. The Labute approximate surface area is 97.8 Å². The van der Waals surface area contributed by atoms with Gasteiger partial charge in [0.05, 0.1) is 17.4 Å². The number of benzene rings is 1. The molecular formula is C11H13N3OS. The van der Waals surface area contributed by atoms with E-state index in [1.807, 2.05) is 18.4 Å². The van der Waals surface area contributed by atoms with E-state index in [0.717, 1.165) is 16.8 Å². The van der Waals surface area contributed by atoms with Crippen LogP contribution < -0.4 is 5.32 Å². The molecule has 0 atom stereocenters. The van der Waals surface area contributed by atoms with Gasteiger partial charge < -0.3 is 10.3 Å². The van der Waals surface area contributed by atoms with E-state index in [-0.39, 0.29) is 5.91 Å². The van der Waals surface area contributed by atoms with E-state index < -0.39 is 0 Å². The zero-order valence-electron chi connectivity index (χ0n) is 8.99. The Balaban J connectivity index is 2.10. The molecule has 0 bridgehead atoms. The average Bonchev–Trinajstić information content (AvgIpc) is 2.76. The van der Waals surface area contributed by atoms with Gasteiger partial charge in [-0.1, -0.05) is 0 Å². The number of thioether (sulfide) groups is 1. The molecule has 0 aliphatic carbocycles. The van der Waals surface area contributed by atoms with Crippen molar-refractivity contribution in [1.29, 1.82) is 0 Å². The lowest BCUT2D eigenvalue weighted by atomic mass is 10.2. The number of hydrogen-bond donors (Lipinski definition) is 2. The molecule has 0 saturated carbocycles. The van der Waals surface area contributed by atoms with Crippen molar-refractivity contribution in [2.75, 3.05) is 18.6 Å². The van der Waals surface area contributed by atoms with Crippen molar-refractivity contribution in [3.63, 3.8) is 0 Å². The molecule has 1 heterocycles. The van der Waals surface area contributed by atoms with Crippen LogP contribution in [0, 0.1) is 0 Å². The Morgan fingerprint density at radius 2 is 2.44 bits per heavy atom. The first-order valence-electron chi connectivity index (χ1n) is 5.01. The van der Waals surface area contributed by atoms with Crippen LogP contribution in [0.5, 0.6) is 0 Å². The molecule has 0 spiro atoms. The smallest absolute Gasteiger partial charge is 0.251 e. The van der Waals surface area contributed by atoms with Crippen molar-refractivity contribution < 1.29 is 4.79 Å². The number of amides is 1. The van der Waals surface area contributed by atoms with Crippen LogP contribution in [-0.2, 0) is 0 Å². The number of aromatic nitrogens is 2. The second-order valence-corrected chi connectivity index (χ2v) is 4.37. The predicted molar refractivity (Wildman–Crippen MR) is 66.8 cm³/mol. The number of rotatable bonds is 4. The molecule has 0 radical (unpaired) electrons. The van der Waals surface area contributed by atoms with Gasteiger partial charge in [0.1, 0.15) is 0 Å². The summed E-state index contributed by atoms with van der Waals surface area (Å²) >= 11 is 1.71. The zero-order chi connectivity index (χ0) is 11.4. The summed E-state index contributed by atoms with van der Waals surface area (Å²) in [5.41, 5.74) is 2.43. The number of nitrogens with zero attached hydrogens (tertiary/aromatic N) is 1. The van der Waals surface area contributed by atoms with Crippen LogP contribution in [0.1, 0.15) is 10.4 Å². The van der Waals surface area contributed by atoms with E-state index >= 15 is 0 Å². The second-order valence-electron chi connectivity index (χ2n) is 3.38. The van der Waals surface area contributed by atoms with Gasteiger partial charge in [0.15, 0.2) is 0 Å². The predicted octanol–water partition coefficient (Wildman–Crippen LogP) is 1.66. The number of H-pyrrole nitrogens is 1. The Morgan fingerprint density at radius 3 is 3.25 bits per heavy atom. The lowest BCUT2D eigenvalue weighted by molar-refractivity contribution is 0.0956. The number of hydrogen-bond acceptors (Lipinski definition) is 3. The first-order valence-corrected chi connectivity index (χ1v) is 6.41. The number of carbonyl (C=O) groups excluding carboxylic acids is 1. The summed E-state index contributed by atoms with van der Waals surface area (Å²) in [7, 11) is 0. The molecule has 1 amide bonds. The fraction of sp³-hybridized carbons (Fsp3) is 0.273. The number of nitrogens with one attached hydrogen (secondary N) is 2. The summed E-state index contributed by atoms with van der Waals surface area (Å²) in [5.74, 6) is 0.892. The Bertz CT molecular complexity index is 495. The molecule has 2 aromatic rings. The van der Waals surface area contributed by atoms with Crippen LogP contribution in [0.4, 0.5) is 0 Å². The third-order valence-electron chi connectivity index (χ3n) is 2.27. The molecule has 0 aliphatic rings. The minimum Gasteiger partial charge on any atom is -0.351 e. The lowest BCUT2D eigenvalue weighted by Gasteiger charge is -2.03. The summed E-state index contributed by atoms with van der Waals surface area (Å²) in [5, 5.41) is 2.86. The first-order chi connectivity index (χ1) is 7.81. The lowest BCUT2D eigenvalue weighted by Crippen LogP contribution is -2.25. The van der Waals surface area contributed by atoms with Gasteiger partial charge in [-0.15, -0.1) is 0 Å². The molecule has 4 nitrogen and oxygen atoms in total. The standard InChI is InChI=1S/C11H13N3OS/c1-16-5-4-12-11(15)8-2-3-9-10(6-8)14-7-13-9/h2-3,6-7H,4-5H2,1H3,(H,12,15)(H,13,14). The molecule has 84 valence electrons. The SMILES string of the molecule is CSCCNC(=O)c1ccc2nc[nH]c2c1.